The lowest BCUT2D eigenvalue weighted by molar-refractivity contribution is -0.128. The molecule has 0 aliphatic heterocycles. The van der Waals surface area contributed by atoms with E-state index in [-0.39, 0.29) is 5.91 Å². The van der Waals surface area contributed by atoms with E-state index in [9.17, 15) is 4.79 Å². The van der Waals surface area contributed by atoms with Gasteiger partial charge in [0.15, 0.2) is 6.10 Å². The maximum absolute atomic E-state index is 12.2. The third kappa shape index (κ3) is 5.19. The summed E-state index contributed by atoms with van der Waals surface area (Å²) in [7, 11) is 0. The first kappa shape index (κ1) is 16.6. The molecule has 1 fully saturated rings. The van der Waals surface area contributed by atoms with Crippen LogP contribution in [0.3, 0.4) is 0 Å². The molecule has 1 saturated carbocycles. The van der Waals surface area contributed by atoms with Crippen molar-refractivity contribution in [2.24, 2.45) is 0 Å². The number of carbonyl (C=O) groups is 1. The van der Waals surface area contributed by atoms with Crippen molar-refractivity contribution < 1.29 is 9.53 Å². The second-order valence-corrected chi connectivity index (χ2v) is 6.82. The monoisotopic (exact) mass is 373 g/mol. The topological polar surface area (TPSA) is 38.3 Å². The van der Waals surface area contributed by atoms with Gasteiger partial charge in [0.25, 0.3) is 5.91 Å². The van der Waals surface area contributed by atoms with Crippen LogP contribution in [0.15, 0.2) is 22.7 Å². The molecule has 2 rings (SSSR count). The molecule has 116 valence electrons. The Hall–Kier alpha value is -0.740. The summed E-state index contributed by atoms with van der Waals surface area (Å²) in [6.07, 6.45) is 6.57. The van der Waals surface area contributed by atoms with Crippen molar-refractivity contribution in [3.8, 4) is 5.75 Å². The van der Waals surface area contributed by atoms with Crippen LogP contribution in [0.25, 0.3) is 0 Å². The maximum atomic E-state index is 12.2. The van der Waals surface area contributed by atoms with Gasteiger partial charge in [0.2, 0.25) is 0 Å². The average Bonchev–Trinajstić information content (AvgIpc) is 2.70. The van der Waals surface area contributed by atoms with Gasteiger partial charge in [-0.3, -0.25) is 4.79 Å². The minimum Gasteiger partial charge on any atom is -0.480 e. The normalized spacial score (nSPS) is 17.9. The van der Waals surface area contributed by atoms with E-state index in [0.717, 1.165) is 17.3 Å². The number of carbonyl (C=O) groups excluding carboxylic acids is 1. The third-order valence-corrected chi connectivity index (χ3v) is 4.62. The van der Waals surface area contributed by atoms with Crippen LogP contribution in [-0.2, 0) is 4.79 Å². The van der Waals surface area contributed by atoms with E-state index in [4.69, 9.17) is 16.3 Å². The highest BCUT2D eigenvalue weighted by Crippen LogP contribution is 2.28. The van der Waals surface area contributed by atoms with Gasteiger partial charge in [0.1, 0.15) is 5.75 Å². The summed E-state index contributed by atoms with van der Waals surface area (Å²) >= 11 is 9.29. The third-order valence-electron chi connectivity index (χ3n) is 3.77. The molecule has 1 aromatic rings. The lowest BCUT2D eigenvalue weighted by atomic mass is 10.1. The number of amides is 1. The van der Waals surface area contributed by atoms with Crippen LogP contribution in [0.2, 0.25) is 5.02 Å². The maximum Gasteiger partial charge on any atom is 0.260 e. The number of nitrogens with one attached hydrogen (secondary N) is 1. The average molecular weight is 375 g/mol. The van der Waals surface area contributed by atoms with Gasteiger partial charge in [0, 0.05) is 11.1 Å². The molecule has 3 nitrogen and oxygen atoms in total. The van der Waals surface area contributed by atoms with E-state index in [0.29, 0.717) is 16.8 Å². The highest BCUT2D eigenvalue weighted by molar-refractivity contribution is 9.10. The molecule has 1 aliphatic rings. The molecule has 1 atom stereocenters. The minimum atomic E-state index is -0.522. The summed E-state index contributed by atoms with van der Waals surface area (Å²) in [6.45, 7) is 1.77. The zero-order chi connectivity index (χ0) is 15.2. The summed E-state index contributed by atoms with van der Waals surface area (Å²) in [6, 6.07) is 5.56. The van der Waals surface area contributed by atoms with Gasteiger partial charge >= 0.3 is 0 Å². The molecule has 0 heterocycles. The predicted octanol–water partition coefficient (Wildman–Crippen LogP) is 4.71. The summed E-state index contributed by atoms with van der Waals surface area (Å²) < 4.78 is 6.47. The van der Waals surface area contributed by atoms with Gasteiger partial charge in [-0.15, -0.1) is 0 Å². The second-order valence-electron chi connectivity index (χ2n) is 5.53. The van der Waals surface area contributed by atoms with Crippen molar-refractivity contribution in [1.82, 2.24) is 5.32 Å². The first-order chi connectivity index (χ1) is 10.1. The van der Waals surface area contributed by atoms with Crippen LogP contribution in [0.1, 0.15) is 45.4 Å². The van der Waals surface area contributed by atoms with Crippen molar-refractivity contribution in [1.29, 1.82) is 0 Å². The van der Waals surface area contributed by atoms with Crippen molar-refractivity contribution in [3.63, 3.8) is 0 Å². The van der Waals surface area contributed by atoms with Gasteiger partial charge in [-0.05, 0) is 53.9 Å². The molecular formula is C16H21BrClNO2. The Bertz CT molecular complexity index is 487. The molecular weight excluding hydrogens is 354 g/mol. The molecule has 1 amide bonds. The summed E-state index contributed by atoms with van der Waals surface area (Å²) in [4.78, 5) is 12.2. The largest absolute Gasteiger partial charge is 0.480 e. The molecule has 5 heteroatoms. The predicted molar refractivity (Wildman–Crippen MR) is 88.9 cm³/mol. The smallest absolute Gasteiger partial charge is 0.260 e. The van der Waals surface area contributed by atoms with Crippen LogP contribution in [0.4, 0.5) is 0 Å². The van der Waals surface area contributed by atoms with Crippen LogP contribution in [-0.4, -0.2) is 18.1 Å². The Morgan fingerprint density at radius 2 is 2.00 bits per heavy atom. The number of halogens is 2. The standard InChI is InChI=1S/C16H21BrClNO2/c1-11(21-15-9-8-12(18)10-14(15)17)16(20)19-13-6-4-2-3-5-7-13/h8-11,13H,2-7H2,1H3,(H,19,20). The zero-order valence-electron chi connectivity index (χ0n) is 12.2. The Morgan fingerprint density at radius 3 is 2.62 bits per heavy atom. The van der Waals surface area contributed by atoms with Gasteiger partial charge in [0.05, 0.1) is 4.47 Å². The number of hydrogen-bond donors (Lipinski definition) is 1. The first-order valence-electron chi connectivity index (χ1n) is 7.48. The number of rotatable bonds is 4. The molecule has 21 heavy (non-hydrogen) atoms. The van der Waals surface area contributed by atoms with E-state index in [1.54, 1.807) is 25.1 Å². The number of hydrogen-bond acceptors (Lipinski definition) is 2. The van der Waals surface area contributed by atoms with E-state index >= 15 is 0 Å². The van der Waals surface area contributed by atoms with Crippen LogP contribution < -0.4 is 10.1 Å². The summed E-state index contributed by atoms with van der Waals surface area (Å²) in [5.41, 5.74) is 0. The molecule has 0 saturated heterocycles. The Balaban J connectivity index is 1.89. The lowest BCUT2D eigenvalue weighted by Gasteiger charge is -2.20. The molecule has 1 unspecified atom stereocenters. The fourth-order valence-corrected chi connectivity index (χ4v) is 3.33. The quantitative estimate of drug-likeness (QED) is 0.775. The SMILES string of the molecule is CC(Oc1ccc(Cl)cc1Br)C(=O)NC1CCCCCC1. The van der Waals surface area contributed by atoms with Gasteiger partial charge < -0.3 is 10.1 Å². The van der Waals surface area contributed by atoms with Crippen molar-refractivity contribution in [2.75, 3.05) is 0 Å². The lowest BCUT2D eigenvalue weighted by Crippen LogP contribution is -2.42. The zero-order valence-corrected chi connectivity index (χ0v) is 14.5. The van der Waals surface area contributed by atoms with Crippen molar-refractivity contribution in [3.05, 3.63) is 27.7 Å². The van der Waals surface area contributed by atoms with Gasteiger partial charge in [-0.1, -0.05) is 37.3 Å². The van der Waals surface area contributed by atoms with Crippen LogP contribution in [0.5, 0.6) is 5.75 Å². The van der Waals surface area contributed by atoms with E-state index in [2.05, 4.69) is 21.2 Å². The van der Waals surface area contributed by atoms with Crippen molar-refractivity contribution >= 4 is 33.4 Å². The van der Waals surface area contributed by atoms with Crippen molar-refractivity contribution in [2.45, 2.75) is 57.6 Å². The van der Waals surface area contributed by atoms with E-state index in [1.807, 2.05) is 0 Å². The second kappa shape index (κ2) is 8.04. The number of benzene rings is 1. The first-order valence-corrected chi connectivity index (χ1v) is 8.65. The highest BCUT2D eigenvalue weighted by atomic mass is 79.9. The Labute approximate surface area is 139 Å². The molecule has 1 aliphatic carbocycles. The molecule has 1 N–H and O–H groups in total. The summed E-state index contributed by atoms with van der Waals surface area (Å²) in [5.74, 6) is 0.576. The molecule has 1 aromatic carbocycles. The molecule has 0 aromatic heterocycles. The van der Waals surface area contributed by atoms with E-state index < -0.39 is 6.10 Å². The highest BCUT2D eigenvalue weighted by Gasteiger charge is 2.20. The molecule has 0 radical (unpaired) electrons. The van der Waals surface area contributed by atoms with Gasteiger partial charge in [-0.25, -0.2) is 0 Å². The van der Waals surface area contributed by atoms with Crippen LogP contribution >= 0.6 is 27.5 Å². The fourth-order valence-electron chi connectivity index (χ4n) is 2.56. The Kier molecular flexibility index (Phi) is 6.37. The number of ether oxygens (including phenoxy) is 1. The fraction of sp³-hybridized carbons (Fsp3) is 0.562. The van der Waals surface area contributed by atoms with Gasteiger partial charge in [-0.2, -0.15) is 0 Å². The molecule has 0 spiro atoms. The molecule has 0 bridgehead atoms. The van der Waals surface area contributed by atoms with Crippen LogP contribution in [0, 0.1) is 0 Å². The summed E-state index contributed by atoms with van der Waals surface area (Å²) in [5, 5.41) is 3.73. The Morgan fingerprint density at radius 1 is 1.33 bits per heavy atom. The van der Waals surface area contributed by atoms with E-state index in [1.165, 1.54) is 25.7 Å². The minimum absolute atomic E-state index is 0.0521.